The highest BCUT2D eigenvalue weighted by molar-refractivity contribution is 6.35. The van der Waals surface area contributed by atoms with Gasteiger partial charge in [-0.15, -0.1) is 0 Å². The Bertz CT molecular complexity index is 1010. The molecular weight excluding hydrogens is 376 g/mol. The second-order valence-corrected chi connectivity index (χ2v) is 7.78. The summed E-state index contributed by atoms with van der Waals surface area (Å²) in [5.74, 6) is 0.749. The van der Waals surface area contributed by atoms with Crippen molar-refractivity contribution in [2.24, 2.45) is 0 Å². The first-order valence-corrected chi connectivity index (χ1v) is 10.1. The lowest BCUT2D eigenvalue weighted by atomic mass is 10.1. The van der Waals surface area contributed by atoms with Crippen molar-refractivity contribution < 1.29 is 4.42 Å². The Morgan fingerprint density at radius 3 is 2.57 bits per heavy atom. The Hall–Kier alpha value is -2.15. The molecule has 3 heterocycles. The topological polar surface area (TPSA) is 54.5 Å². The number of likely N-dealkylation sites (N-methyl/N-ethyl adjacent to an activating group) is 1. The average Bonchev–Trinajstić information content (AvgIpc) is 3.08. The van der Waals surface area contributed by atoms with Crippen molar-refractivity contribution in [3.05, 3.63) is 63.4 Å². The van der Waals surface area contributed by atoms with Gasteiger partial charge in [-0.05, 0) is 19.0 Å². The van der Waals surface area contributed by atoms with Gasteiger partial charge in [0, 0.05) is 26.2 Å². The molecule has 0 N–H and O–H groups in total. The van der Waals surface area contributed by atoms with Gasteiger partial charge in [0.25, 0.3) is 5.56 Å². The first-order chi connectivity index (χ1) is 13.6. The van der Waals surface area contributed by atoms with E-state index in [0.717, 1.165) is 44.0 Å². The lowest BCUT2D eigenvalue weighted by molar-refractivity contribution is 0.102. The minimum atomic E-state index is -0.143. The lowest BCUT2D eigenvalue weighted by Crippen LogP contribution is -2.47. The normalized spacial score (nSPS) is 17.2. The maximum atomic E-state index is 13.3. The van der Waals surface area contributed by atoms with Crippen molar-refractivity contribution in [3.8, 4) is 0 Å². The predicted octanol–water partition coefficient (Wildman–Crippen LogP) is 3.39. The van der Waals surface area contributed by atoms with Gasteiger partial charge in [-0.3, -0.25) is 14.3 Å². The molecule has 3 aromatic rings. The maximum Gasteiger partial charge on any atom is 0.266 e. The fourth-order valence-electron chi connectivity index (χ4n) is 3.92. The molecule has 0 spiro atoms. The largest absolute Gasteiger partial charge is 0.444 e. The Labute approximate surface area is 169 Å². The maximum absolute atomic E-state index is 13.3. The van der Waals surface area contributed by atoms with Crippen LogP contribution in [0, 0.1) is 0 Å². The molecule has 0 aliphatic carbocycles. The number of rotatable bonds is 5. The summed E-state index contributed by atoms with van der Waals surface area (Å²) in [6, 6.07) is 10.0. The zero-order valence-electron chi connectivity index (χ0n) is 16.3. The lowest BCUT2D eigenvalue weighted by Gasteiger charge is -2.37. The van der Waals surface area contributed by atoms with E-state index in [1.165, 1.54) is 6.26 Å². The minimum Gasteiger partial charge on any atom is -0.444 e. The zero-order chi connectivity index (χ0) is 19.7. The standard InChI is InChI=1S/C21H25ClN4O2/c1-3-17(25-11-9-24(2)10-12-25)19-23-20-18(16(22)14-28-20)21(27)26(19)13-15-7-5-4-6-8-15/h4-8,14,17H,3,9-13H2,1-2H3. The van der Waals surface area contributed by atoms with Crippen LogP contribution in [-0.2, 0) is 6.54 Å². The molecule has 148 valence electrons. The number of benzene rings is 1. The van der Waals surface area contributed by atoms with Gasteiger partial charge in [0.15, 0.2) is 0 Å². The van der Waals surface area contributed by atoms with Crippen molar-refractivity contribution in [3.63, 3.8) is 0 Å². The minimum absolute atomic E-state index is 0.0541. The third kappa shape index (κ3) is 3.60. The summed E-state index contributed by atoms with van der Waals surface area (Å²) in [6.45, 7) is 6.52. The van der Waals surface area contributed by atoms with Crippen LogP contribution in [0.4, 0.5) is 0 Å². The first kappa shape index (κ1) is 19.2. The molecule has 0 saturated carbocycles. The van der Waals surface area contributed by atoms with Crippen LogP contribution in [0.2, 0.25) is 5.02 Å². The Morgan fingerprint density at radius 2 is 1.89 bits per heavy atom. The van der Waals surface area contributed by atoms with Crippen LogP contribution in [0.3, 0.4) is 0 Å². The monoisotopic (exact) mass is 400 g/mol. The molecule has 0 radical (unpaired) electrons. The van der Waals surface area contributed by atoms with Crippen molar-refractivity contribution in [2.45, 2.75) is 25.9 Å². The molecule has 0 amide bonds. The molecule has 1 saturated heterocycles. The molecule has 1 aromatic carbocycles. The van der Waals surface area contributed by atoms with Crippen LogP contribution in [0.15, 0.2) is 45.8 Å². The predicted molar refractivity (Wildman–Crippen MR) is 111 cm³/mol. The van der Waals surface area contributed by atoms with Crippen molar-refractivity contribution >= 4 is 22.7 Å². The Kier molecular flexibility index (Phi) is 5.53. The smallest absolute Gasteiger partial charge is 0.266 e. The number of halogens is 1. The molecular formula is C21H25ClN4O2. The van der Waals surface area contributed by atoms with E-state index in [2.05, 4.69) is 23.8 Å². The Morgan fingerprint density at radius 1 is 1.18 bits per heavy atom. The highest BCUT2D eigenvalue weighted by Gasteiger charge is 2.28. The van der Waals surface area contributed by atoms with Crippen molar-refractivity contribution in [2.75, 3.05) is 33.2 Å². The van der Waals surface area contributed by atoms with Gasteiger partial charge in [0.1, 0.15) is 17.5 Å². The summed E-state index contributed by atoms with van der Waals surface area (Å²) >= 11 is 6.22. The molecule has 4 rings (SSSR count). The fraction of sp³-hybridized carbons (Fsp3) is 0.429. The van der Waals surface area contributed by atoms with Crippen LogP contribution >= 0.6 is 11.6 Å². The molecule has 1 aliphatic heterocycles. The van der Waals surface area contributed by atoms with E-state index in [-0.39, 0.29) is 11.6 Å². The number of hydrogen-bond acceptors (Lipinski definition) is 5. The summed E-state index contributed by atoms with van der Waals surface area (Å²) < 4.78 is 7.26. The third-order valence-corrected chi connectivity index (χ3v) is 5.80. The molecule has 0 bridgehead atoms. The molecule has 1 fully saturated rings. The highest BCUT2D eigenvalue weighted by atomic mass is 35.5. The SMILES string of the molecule is CCC(c1nc2occ(Cl)c2c(=O)n1Cc1ccccc1)N1CCN(C)CC1. The van der Waals surface area contributed by atoms with Crippen LogP contribution in [0.1, 0.15) is 30.8 Å². The number of nitrogens with zero attached hydrogens (tertiary/aromatic N) is 4. The van der Waals surface area contributed by atoms with E-state index in [0.29, 0.717) is 22.7 Å². The number of piperazine rings is 1. The zero-order valence-corrected chi connectivity index (χ0v) is 17.0. The van der Waals surface area contributed by atoms with Gasteiger partial charge < -0.3 is 9.32 Å². The highest BCUT2D eigenvalue weighted by Crippen LogP contribution is 2.27. The van der Waals surface area contributed by atoms with E-state index in [1.54, 1.807) is 4.57 Å². The number of fused-ring (bicyclic) bond motifs is 1. The summed E-state index contributed by atoms with van der Waals surface area (Å²) in [4.78, 5) is 22.9. The molecule has 1 unspecified atom stereocenters. The molecule has 2 aromatic heterocycles. The van der Waals surface area contributed by atoms with Crippen LogP contribution in [-0.4, -0.2) is 52.6 Å². The fourth-order valence-corrected chi connectivity index (χ4v) is 4.12. The summed E-state index contributed by atoms with van der Waals surface area (Å²) in [5.41, 5.74) is 1.23. The van der Waals surface area contributed by atoms with Gasteiger partial charge in [0.2, 0.25) is 5.71 Å². The first-order valence-electron chi connectivity index (χ1n) is 9.72. The van der Waals surface area contributed by atoms with E-state index in [4.69, 9.17) is 21.0 Å². The quantitative estimate of drug-likeness (QED) is 0.657. The number of aromatic nitrogens is 2. The van der Waals surface area contributed by atoms with E-state index in [1.807, 2.05) is 30.3 Å². The van der Waals surface area contributed by atoms with E-state index >= 15 is 0 Å². The van der Waals surface area contributed by atoms with Gasteiger partial charge >= 0.3 is 0 Å². The van der Waals surface area contributed by atoms with Crippen LogP contribution in [0.5, 0.6) is 0 Å². The molecule has 28 heavy (non-hydrogen) atoms. The van der Waals surface area contributed by atoms with Gasteiger partial charge in [0.05, 0.1) is 17.6 Å². The van der Waals surface area contributed by atoms with Gasteiger partial charge in [-0.2, -0.15) is 4.98 Å². The average molecular weight is 401 g/mol. The summed E-state index contributed by atoms with van der Waals surface area (Å²) in [6.07, 6.45) is 2.26. The van der Waals surface area contributed by atoms with Gasteiger partial charge in [-0.1, -0.05) is 48.9 Å². The third-order valence-electron chi connectivity index (χ3n) is 5.53. The van der Waals surface area contributed by atoms with Crippen molar-refractivity contribution in [1.29, 1.82) is 0 Å². The molecule has 1 aliphatic rings. The van der Waals surface area contributed by atoms with Gasteiger partial charge in [-0.25, -0.2) is 0 Å². The summed E-state index contributed by atoms with van der Waals surface area (Å²) in [5, 5.41) is 0.670. The number of furan rings is 1. The molecule has 1 atom stereocenters. The van der Waals surface area contributed by atoms with E-state index < -0.39 is 0 Å². The van der Waals surface area contributed by atoms with Crippen LogP contribution < -0.4 is 5.56 Å². The number of hydrogen-bond donors (Lipinski definition) is 0. The second-order valence-electron chi connectivity index (χ2n) is 7.37. The molecule has 6 nitrogen and oxygen atoms in total. The van der Waals surface area contributed by atoms with Crippen molar-refractivity contribution in [1.82, 2.24) is 19.4 Å². The van der Waals surface area contributed by atoms with E-state index in [9.17, 15) is 4.79 Å². The summed E-state index contributed by atoms with van der Waals surface area (Å²) in [7, 11) is 2.14. The second kappa shape index (κ2) is 8.07. The molecule has 7 heteroatoms. The van der Waals surface area contributed by atoms with Crippen LogP contribution in [0.25, 0.3) is 11.1 Å². The Balaban J connectivity index is 1.83.